The molecule has 2 aromatic rings. The number of hydrogen-bond acceptors (Lipinski definition) is 7. The minimum Gasteiger partial charge on any atom is -0.497 e. The van der Waals surface area contributed by atoms with E-state index in [1.165, 1.54) is 40.8 Å². The molecule has 1 saturated carbocycles. The molecule has 3 aliphatic rings. The van der Waals surface area contributed by atoms with Crippen LogP contribution in [0.25, 0.3) is 5.57 Å². The van der Waals surface area contributed by atoms with E-state index in [1.807, 2.05) is 13.8 Å². The second-order valence-electron chi connectivity index (χ2n) is 12.2. The lowest BCUT2D eigenvalue weighted by Crippen LogP contribution is -2.43. The smallest absolute Gasteiger partial charge is 0.164 e. The molecule has 242 valence electrons. The summed E-state index contributed by atoms with van der Waals surface area (Å²) in [7, 11) is 7.37. The Hall–Kier alpha value is -3.16. The van der Waals surface area contributed by atoms with Crippen molar-refractivity contribution in [2.45, 2.75) is 90.5 Å². The normalized spacial score (nSPS) is 20.4. The number of nitrogens with zero attached hydrogens (tertiary/aromatic N) is 2. The van der Waals surface area contributed by atoms with E-state index in [0.29, 0.717) is 12.0 Å². The first-order valence-electron chi connectivity index (χ1n) is 16.6. The Labute approximate surface area is 266 Å². The maximum Gasteiger partial charge on any atom is 0.164 e. The van der Waals surface area contributed by atoms with E-state index in [0.717, 1.165) is 62.6 Å². The van der Waals surface area contributed by atoms with Gasteiger partial charge < -0.3 is 28.7 Å². The predicted octanol–water partition coefficient (Wildman–Crippen LogP) is 7.62. The van der Waals surface area contributed by atoms with E-state index in [2.05, 4.69) is 84.7 Å². The number of anilines is 1. The first-order chi connectivity index (χ1) is 21.4. The summed E-state index contributed by atoms with van der Waals surface area (Å²) in [5, 5.41) is 3.66. The van der Waals surface area contributed by atoms with Crippen LogP contribution in [-0.2, 0) is 4.74 Å². The fourth-order valence-corrected chi connectivity index (χ4v) is 6.40. The summed E-state index contributed by atoms with van der Waals surface area (Å²) in [6, 6.07) is 13.4. The molecule has 44 heavy (non-hydrogen) atoms. The van der Waals surface area contributed by atoms with Crippen LogP contribution in [0.4, 0.5) is 5.69 Å². The van der Waals surface area contributed by atoms with Gasteiger partial charge in [0.05, 0.1) is 27.4 Å². The topological polar surface area (TPSA) is 55.4 Å². The van der Waals surface area contributed by atoms with E-state index in [4.69, 9.17) is 18.9 Å². The molecule has 0 aromatic heterocycles. The summed E-state index contributed by atoms with van der Waals surface area (Å²) in [4.78, 5) is 4.89. The Kier molecular flexibility index (Phi) is 12.4. The lowest BCUT2D eigenvalue weighted by atomic mass is 9.95. The number of hydrogen-bond donors (Lipinski definition) is 1. The molecule has 7 heteroatoms. The molecule has 7 nitrogen and oxygen atoms in total. The largest absolute Gasteiger partial charge is 0.497 e. The van der Waals surface area contributed by atoms with Crippen molar-refractivity contribution in [2.75, 3.05) is 52.9 Å². The van der Waals surface area contributed by atoms with Crippen molar-refractivity contribution in [3.05, 3.63) is 65.4 Å². The Balaban J connectivity index is 0.00000216. The Bertz CT molecular complexity index is 1240. The highest BCUT2D eigenvalue weighted by molar-refractivity contribution is 5.74. The zero-order valence-corrected chi connectivity index (χ0v) is 28.3. The third-order valence-electron chi connectivity index (χ3n) is 8.55. The van der Waals surface area contributed by atoms with Crippen LogP contribution in [0.1, 0.15) is 83.3 Å². The van der Waals surface area contributed by atoms with Gasteiger partial charge in [0.1, 0.15) is 12.0 Å². The maximum absolute atomic E-state index is 6.10. The Morgan fingerprint density at radius 3 is 2.32 bits per heavy atom. The quantitative estimate of drug-likeness (QED) is 0.283. The van der Waals surface area contributed by atoms with Crippen molar-refractivity contribution in [1.29, 1.82) is 0 Å². The summed E-state index contributed by atoms with van der Waals surface area (Å²) >= 11 is 0. The zero-order valence-electron chi connectivity index (χ0n) is 28.3. The number of nitrogens with one attached hydrogen (secondary N) is 1. The summed E-state index contributed by atoms with van der Waals surface area (Å²) in [5.74, 6) is 3.15. The Morgan fingerprint density at radius 1 is 0.932 bits per heavy atom. The highest BCUT2D eigenvalue weighted by Crippen LogP contribution is 2.48. The third-order valence-corrected chi connectivity index (χ3v) is 8.55. The Morgan fingerprint density at radius 2 is 1.68 bits per heavy atom. The van der Waals surface area contributed by atoms with Crippen molar-refractivity contribution in [3.63, 3.8) is 0 Å². The number of rotatable bonds is 11. The van der Waals surface area contributed by atoms with Gasteiger partial charge in [-0.15, -0.1) is 0 Å². The summed E-state index contributed by atoms with van der Waals surface area (Å²) < 4.78 is 23.2. The molecule has 1 aliphatic carbocycles. The fourth-order valence-electron chi connectivity index (χ4n) is 6.40. The molecule has 0 spiro atoms. The van der Waals surface area contributed by atoms with Crippen molar-refractivity contribution in [2.24, 2.45) is 0 Å². The minimum absolute atomic E-state index is 0.141. The van der Waals surface area contributed by atoms with Crippen LogP contribution in [0.15, 0.2) is 54.2 Å². The van der Waals surface area contributed by atoms with Gasteiger partial charge in [-0.2, -0.15) is 0 Å². The SMILES string of the molecule is CC.COc1ccc(N(CC2=CN(C)CC(c3cc(OC)c(OC)c(C4CC4)c3)=C2)C2CCCC(OC(C)C)NCC2)cc1. The minimum atomic E-state index is 0.141. The van der Waals surface area contributed by atoms with Crippen LogP contribution in [-0.4, -0.2) is 71.3 Å². The lowest BCUT2D eigenvalue weighted by molar-refractivity contribution is -0.0204. The van der Waals surface area contributed by atoms with E-state index in [1.54, 1.807) is 21.3 Å². The second-order valence-corrected chi connectivity index (χ2v) is 12.2. The fraction of sp³-hybridized carbons (Fsp3) is 0.568. The molecule has 0 radical (unpaired) electrons. The van der Waals surface area contributed by atoms with Crippen molar-refractivity contribution >= 4 is 11.3 Å². The average Bonchev–Trinajstić information content (AvgIpc) is 3.87. The molecule has 2 unspecified atom stereocenters. The predicted molar refractivity (Wildman–Crippen MR) is 182 cm³/mol. The molecule has 2 heterocycles. The van der Waals surface area contributed by atoms with Gasteiger partial charge in [-0.1, -0.05) is 19.9 Å². The van der Waals surface area contributed by atoms with Gasteiger partial charge in [0, 0.05) is 43.6 Å². The van der Waals surface area contributed by atoms with Crippen LogP contribution in [0, 0.1) is 0 Å². The van der Waals surface area contributed by atoms with Gasteiger partial charge >= 0.3 is 0 Å². The molecule has 0 bridgehead atoms. The van der Waals surface area contributed by atoms with Gasteiger partial charge in [0.25, 0.3) is 0 Å². The molecule has 0 amide bonds. The van der Waals surface area contributed by atoms with Crippen LogP contribution in [0.5, 0.6) is 17.2 Å². The monoisotopic (exact) mass is 605 g/mol. The van der Waals surface area contributed by atoms with E-state index in [-0.39, 0.29) is 12.3 Å². The highest BCUT2D eigenvalue weighted by Gasteiger charge is 2.30. The molecule has 1 saturated heterocycles. The molecule has 2 aliphatic heterocycles. The molecule has 5 rings (SSSR count). The summed E-state index contributed by atoms with van der Waals surface area (Å²) in [5.41, 5.74) is 6.32. The van der Waals surface area contributed by atoms with Gasteiger partial charge in [0.2, 0.25) is 0 Å². The summed E-state index contributed by atoms with van der Waals surface area (Å²) in [6.45, 7) is 10.8. The first kappa shape index (κ1) is 33.7. The highest BCUT2D eigenvalue weighted by atomic mass is 16.5. The molecule has 2 atom stereocenters. The molecular formula is C37H55N3O4. The molecule has 2 fully saturated rings. The van der Waals surface area contributed by atoms with Gasteiger partial charge in [-0.3, -0.25) is 5.32 Å². The third kappa shape index (κ3) is 8.72. The van der Waals surface area contributed by atoms with E-state index in [9.17, 15) is 0 Å². The standard InChI is InChI=1S/C35H49N3O4.C2H6/c1-24(2)42-34-9-7-8-29(16-17-36-34)38(30-12-14-31(39-4)15-13-30)22-25-18-28(23-37(3)21-25)27-19-32(26-10-11-26)35(41-6)33(20-27)40-5;1-2/h12-15,18-21,24,26,29,34,36H,7-11,16-17,22-23H2,1-6H3;1-2H3. The van der Waals surface area contributed by atoms with Crippen LogP contribution in [0.2, 0.25) is 0 Å². The molecule has 1 N–H and O–H groups in total. The number of ether oxygens (including phenoxy) is 4. The van der Waals surface area contributed by atoms with Crippen LogP contribution >= 0.6 is 0 Å². The van der Waals surface area contributed by atoms with Gasteiger partial charge in [0.15, 0.2) is 11.5 Å². The number of likely N-dealkylation sites (N-methyl/N-ethyl adjacent to an activating group) is 1. The van der Waals surface area contributed by atoms with E-state index < -0.39 is 0 Å². The second kappa shape index (κ2) is 16.2. The van der Waals surface area contributed by atoms with Crippen molar-refractivity contribution < 1.29 is 18.9 Å². The van der Waals surface area contributed by atoms with Gasteiger partial charge in [-0.05, 0) is 118 Å². The number of benzene rings is 2. The maximum atomic E-state index is 6.10. The first-order valence-corrected chi connectivity index (χ1v) is 16.6. The van der Waals surface area contributed by atoms with E-state index >= 15 is 0 Å². The van der Waals surface area contributed by atoms with Crippen LogP contribution < -0.4 is 24.4 Å². The number of methoxy groups -OCH3 is 3. The average molecular weight is 606 g/mol. The zero-order chi connectivity index (χ0) is 31.6. The van der Waals surface area contributed by atoms with Gasteiger partial charge in [-0.25, -0.2) is 0 Å². The van der Waals surface area contributed by atoms with Crippen LogP contribution in [0.3, 0.4) is 0 Å². The molecule has 2 aromatic carbocycles. The lowest BCUT2D eigenvalue weighted by Gasteiger charge is -2.38. The van der Waals surface area contributed by atoms with Crippen molar-refractivity contribution in [3.8, 4) is 17.2 Å². The summed E-state index contributed by atoms with van der Waals surface area (Å²) in [6.07, 6.45) is 11.8. The van der Waals surface area contributed by atoms with Crippen molar-refractivity contribution in [1.82, 2.24) is 10.2 Å². The molecular weight excluding hydrogens is 550 g/mol.